The third kappa shape index (κ3) is 10.5. The Bertz CT molecular complexity index is 1050. The van der Waals surface area contributed by atoms with E-state index in [1.54, 1.807) is 28.4 Å². The zero-order valence-electron chi connectivity index (χ0n) is 28.0. The van der Waals surface area contributed by atoms with Crippen molar-refractivity contribution in [3.63, 3.8) is 0 Å². The first-order valence-electron chi connectivity index (χ1n) is 14.9. The lowest BCUT2D eigenvalue weighted by molar-refractivity contribution is 0.127. The first-order valence-corrected chi connectivity index (χ1v) is 23.4. The highest BCUT2D eigenvalue weighted by Crippen LogP contribution is 2.33. The predicted molar refractivity (Wildman–Crippen MR) is 183 cm³/mol. The van der Waals surface area contributed by atoms with Crippen molar-refractivity contribution in [2.45, 2.75) is 65.7 Å². The molecule has 2 aromatic rings. The minimum atomic E-state index is -3.55. The first kappa shape index (κ1) is 38.1. The van der Waals surface area contributed by atoms with Gasteiger partial charge in [0.05, 0.1) is 0 Å². The lowest BCUT2D eigenvalue weighted by atomic mass is 9.91. The van der Waals surface area contributed by atoms with Crippen molar-refractivity contribution >= 4 is 45.1 Å². The quantitative estimate of drug-likeness (QED) is 0.200. The normalized spacial score (nSPS) is 13.9. The van der Waals surface area contributed by atoms with E-state index in [2.05, 4.69) is 52.0 Å². The molecule has 0 aliphatic heterocycles. The summed E-state index contributed by atoms with van der Waals surface area (Å²) < 4.78 is 46.1. The van der Waals surface area contributed by atoms with Crippen molar-refractivity contribution in [2.24, 2.45) is 22.3 Å². The van der Waals surface area contributed by atoms with E-state index in [1.807, 2.05) is 49.5 Å². The minimum absolute atomic E-state index is 0.0830. The Hall–Kier alpha value is -1.05. The Morgan fingerprint density at radius 2 is 0.907 bits per heavy atom. The highest BCUT2D eigenvalue weighted by Gasteiger charge is 2.58. The van der Waals surface area contributed by atoms with Crippen LogP contribution in [-0.4, -0.2) is 76.3 Å². The molecule has 0 spiro atoms. The van der Waals surface area contributed by atoms with Gasteiger partial charge in [-0.1, -0.05) is 88.4 Å². The maximum absolute atomic E-state index is 7.37. The minimum Gasteiger partial charge on any atom is -0.409 e. The van der Waals surface area contributed by atoms with E-state index >= 15 is 0 Å². The van der Waals surface area contributed by atoms with Crippen molar-refractivity contribution in [3.05, 3.63) is 60.7 Å². The molecule has 9 nitrogen and oxygen atoms in total. The van der Waals surface area contributed by atoms with E-state index in [0.717, 1.165) is 23.2 Å². The summed E-state index contributed by atoms with van der Waals surface area (Å²) in [6.07, 6.45) is 1.56. The van der Waals surface area contributed by atoms with Gasteiger partial charge in [0.15, 0.2) is 0 Å². The van der Waals surface area contributed by atoms with Gasteiger partial charge in [-0.25, -0.2) is 0 Å². The largest absolute Gasteiger partial charge is 0.491 e. The molecule has 0 aromatic heterocycles. The summed E-state index contributed by atoms with van der Waals surface area (Å²) >= 11 is 0. The highest BCUT2D eigenvalue weighted by molar-refractivity contribution is 7.01. The van der Waals surface area contributed by atoms with Gasteiger partial charge in [-0.2, -0.15) is 0 Å². The van der Waals surface area contributed by atoms with Crippen LogP contribution < -0.4 is 21.8 Å². The van der Waals surface area contributed by atoms with E-state index in [1.165, 1.54) is 0 Å². The molecule has 0 heterocycles. The van der Waals surface area contributed by atoms with Crippen LogP contribution in [0.5, 0.6) is 0 Å². The Morgan fingerprint density at radius 3 is 1.23 bits per heavy atom. The van der Waals surface area contributed by atoms with Crippen molar-refractivity contribution in [3.8, 4) is 0 Å². The Labute approximate surface area is 264 Å². The van der Waals surface area contributed by atoms with Crippen LogP contribution in [0.1, 0.15) is 40.5 Å². The van der Waals surface area contributed by atoms with Crippen molar-refractivity contribution < 1.29 is 30.0 Å². The zero-order chi connectivity index (χ0) is 32.4. The first-order chi connectivity index (χ1) is 20.1. The third-order valence-corrected chi connectivity index (χ3v) is 23.1. The van der Waals surface area contributed by atoms with Crippen molar-refractivity contribution in [1.82, 2.24) is 0 Å². The summed E-state index contributed by atoms with van der Waals surface area (Å²) in [6.45, 7) is 13.7. The molecule has 0 atom stereocenters. The molecule has 2 aromatic carbocycles. The molecule has 0 radical (unpaired) electrons. The van der Waals surface area contributed by atoms with Gasteiger partial charge in [0.25, 0.3) is 0 Å². The number of rotatable bonds is 20. The fourth-order valence-corrected chi connectivity index (χ4v) is 22.1. The molecule has 2 rings (SSSR count). The molecule has 0 amide bonds. The van der Waals surface area contributed by atoms with Crippen molar-refractivity contribution in [1.29, 1.82) is 0 Å². The molecule has 0 bridgehead atoms. The summed E-state index contributed by atoms with van der Waals surface area (Å²) in [5.74, 6) is 0. The average molecular weight is 669 g/mol. The fourth-order valence-electron chi connectivity index (χ4n) is 4.73. The van der Waals surface area contributed by atoms with Crippen LogP contribution >= 0.6 is 0 Å². The lowest BCUT2D eigenvalue weighted by Gasteiger charge is -2.44. The lowest BCUT2D eigenvalue weighted by Crippen LogP contribution is -2.73. The molecule has 0 unspecified atom stereocenters. The summed E-state index contributed by atoms with van der Waals surface area (Å²) in [4.78, 5) is 0. The molecule has 13 heteroatoms. The number of nitrogens with two attached hydrogens (primary N) is 2. The maximum atomic E-state index is 7.37. The number of hydrogen-bond donors (Lipinski definition) is 2. The second-order valence-corrected chi connectivity index (χ2v) is 26.0. The van der Waals surface area contributed by atoms with Crippen LogP contribution in [-0.2, 0) is 30.0 Å². The fraction of sp³-hybridized carbons (Fsp3) is 0.600. The molecule has 0 saturated heterocycles. The summed E-state index contributed by atoms with van der Waals surface area (Å²) in [6, 6.07) is 21.4. The van der Waals surface area contributed by atoms with Gasteiger partial charge in [0.2, 0.25) is 0 Å². The highest BCUT2D eigenvalue weighted by atomic mass is 28.5. The number of benzene rings is 2. The summed E-state index contributed by atoms with van der Waals surface area (Å²) in [5, 5.41) is 1.86. The molecular formula is C30H56N2O7Si4. The monoisotopic (exact) mass is 668 g/mol. The van der Waals surface area contributed by atoms with Crippen LogP contribution in [0.15, 0.2) is 60.7 Å². The average Bonchev–Trinajstić information content (AvgIpc) is 3.01. The summed E-state index contributed by atoms with van der Waals surface area (Å²) in [7, 11) is -6.45. The summed E-state index contributed by atoms with van der Waals surface area (Å²) in [5.41, 5.74) is 11.9. The second kappa shape index (κ2) is 16.0. The van der Waals surface area contributed by atoms with Gasteiger partial charge in [-0.3, -0.25) is 0 Å². The predicted octanol–water partition coefficient (Wildman–Crippen LogP) is 4.21. The Balaban J connectivity index is 2.70. The second-order valence-electron chi connectivity index (χ2n) is 13.0. The van der Waals surface area contributed by atoms with Gasteiger partial charge >= 0.3 is 34.7 Å². The molecular weight excluding hydrogens is 613 g/mol. The smallest absolute Gasteiger partial charge is 0.409 e. The van der Waals surface area contributed by atoms with E-state index in [9.17, 15) is 0 Å². The van der Waals surface area contributed by atoms with Crippen LogP contribution in [0.25, 0.3) is 0 Å². The topological polar surface area (TPSA) is 117 Å². The maximum Gasteiger partial charge on any atom is 0.491 e. The van der Waals surface area contributed by atoms with Gasteiger partial charge in [-0.15, -0.1) is 0 Å². The van der Waals surface area contributed by atoms with Crippen LogP contribution in [0.4, 0.5) is 0 Å². The molecule has 244 valence electrons. The van der Waals surface area contributed by atoms with E-state index in [-0.39, 0.29) is 10.8 Å². The van der Waals surface area contributed by atoms with Gasteiger partial charge in [0, 0.05) is 40.5 Å². The third-order valence-electron chi connectivity index (χ3n) is 7.96. The van der Waals surface area contributed by atoms with Gasteiger partial charge in [0.1, 0.15) is 0 Å². The molecule has 0 aliphatic carbocycles. The molecule has 4 N–H and O–H groups in total. The molecule has 0 fully saturated rings. The molecule has 43 heavy (non-hydrogen) atoms. The van der Waals surface area contributed by atoms with Crippen molar-refractivity contribution in [2.75, 3.05) is 41.5 Å². The molecule has 0 saturated carbocycles. The van der Waals surface area contributed by atoms with Gasteiger partial charge in [-0.05, 0) is 60.2 Å². The molecule has 0 aliphatic rings. The van der Waals surface area contributed by atoms with E-state index < -0.39 is 34.7 Å². The standard InChI is InChI=1S/C30H56N2O7Si4/c1-29(2,25-31)21-23-41(33-5,34-6)37-40(9,10)38-43(27-17-13-11-14-18-27,28-19-15-12-16-20-28)39-42(35-7,36-8)24-22-30(3,4)26-32/h11-20H,21-26,31-32H2,1-10H3. The zero-order valence-corrected chi connectivity index (χ0v) is 32.0. The van der Waals surface area contributed by atoms with Gasteiger partial charge < -0.3 is 41.5 Å². The van der Waals surface area contributed by atoms with Crippen LogP contribution in [0.2, 0.25) is 25.2 Å². The van der Waals surface area contributed by atoms with E-state index in [4.69, 9.17) is 41.5 Å². The Morgan fingerprint density at radius 1 is 0.558 bits per heavy atom. The SMILES string of the molecule is CO[Si](CCC(C)(C)CN)(OC)O[Si](C)(C)O[Si](O[Si](CCC(C)(C)CN)(OC)OC)(c1ccccc1)c1ccccc1. The van der Waals surface area contributed by atoms with E-state index in [0.29, 0.717) is 25.2 Å². The number of hydrogen-bond acceptors (Lipinski definition) is 9. The van der Waals surface area contributed by atoms with Crippen LogP contribution in [0, 0.1) is 10.8 Å². The Kier molecular flexibility index (Phi) is 14.2. The van der Waals surface area contributed by atoms with Crippen LogP contribution in [0.3, 0.4) is 0 Å².